The maximum Gasteiger partial charge on any atom is 0.305 e. The number of nitriles is 1. The van der Waals surface area contributed by atoms with Gasteiger partial charge in [0.15, 0.2) is 6.10 Å². The van der Waals surface area contributed by atoms with Crippen LogP contribution < -0.4 is 14.4 Å². The molecule has 0 saturated heterocycles. The average Bonchev–Trinajstić information content (AvgIpc) is 2.88. The van der Waals surface area contributed by atoms with E-state index in [-0.39, 0.29) is 11.5 Å². The van der Waals surface area contributed by atoms with Crippen molar-refractivity contribution >= 4 is 40.0 Å². The first-order chi connectivity index (χ1) is 17.2. The van der Waals surface area contributed by atoms with Gasteiger partial charge < -0.3 is 9.47 Å². The SMILES string of the molecule is CC(Oc1ccc(Oc2cnc3cc(Cl)ccc3n2)cc1)C(=O)N(C)c1ccc([N+](=O)[O-])c(C#N)n1. The van der Waals surface area contributed by atoms with Gasteiger partial charge in [0.1, 0.15) is 23.4 Å². The summed E-state index contributed by atoms with van der Waals surface area (Å²) in [5.41, 5.74) is 0.460. The van der Waals surface area contributed by atoms with Crippen molar-refractivity contribution in [2.75, 3.05) is 11.9 Å². The Hall–Kier alpha value is -4.82. The topological polar surface area (TPSA) is 144 Å². The minimum atomic E-state index is -0.914. The first kappa shape index (κ1) is 24.3. The van der Waals surface area contributed by atoms with Crippen LogP contribution in [-0.4, -0.2) is 38.9 Å². The van der Waals surface area contributed by atoms with Crippen LogP contribution in [0.4, 0.5) is 11.5 Å². The number of hydrogen-bond acceptors (Lipinski definition) is 9. The van der Waals surface area contributed by atoms with Gasteiger partial charge in [-0.1, -0.05) is 11.6 Å². The van der Waals surface area contributed by atoms with Crippen LogP contribution in [0.15, 0.2) is 60.8 Å². The maximum atomic E-state index is 12.8. The highest BCUT2D eigenvalue weighted by molar-refractivity contribution is 6.31. The molecule has 1 unspecified atom stereocenters. The molecule has 180 valence electrons. The van der Waals surface area contributed by atoms with Crippen molar-refractivity contribution in [3.63, 3.8) is 0 Å². The van der Waals surface area contributed by atoms with Gasteiger partial charge in [-0.15, -0.1) is 0 Å². The number of nitro groups is 1. The van der Waals surface area contributed by atoms with E-state index in [9.17, 15) is 14.9 Å². The van der Waals surface area contributed by atoms with Crippen molar-refractivity contribution in [1.29, 1.82) is 5.26 Å². The molecule has 0 aliphatic rings. The minimum Gasteiger partial charge on any atom is -0.481 e. The summed E-state index contributed by atoms with van der Waals surface area (Å²) in [5, 5.41) is 20.7. The summed E-state index contributed by atoms with van der Waals surface area (Å²) in [6.07, 6.45) is 0.575. The molecule has 12 heteroatoms. The highest BCUT2D eigenvalue weighted by atomic mass is 35.5. The van der Waals surface area contributed by atoms with Crippen molar-refractivity contribution < 1.29 is 19.2 Å². The summed E-state index contributed by atoms with van der Waals surface area (Å²) < 4.78 is 11.5. The zero-order chi connectivity index (χ0) is 25.8. The number of halogens is 1. The van der Waals surface area contributed by atoms with E-state index < -0.39 is 22.6 Å². The zero-order valence-electron chi connectivity index (χ0n) is 19.0. The highest BCUT2D eigenvalue weighted by Crippen LogP contribution is 2.26. The molecule has 2 aromatic heterocycles. The Morgan fingerprint density at radius 2 is 1.83 bits per heavy atom. The molecule has 0 radical (unpaired) electrons. The number of carbonyl (C=O) groups is 1. The van der Waals surface area contributed by atoms with Gasteiger partial charge in [0.25, 0.3) is 5.91 Å². The van der Waals surface area contributed by atoms with Crippen LogP contribution in [0.2, 0.25) is 5.02 Å². The fourth-order valence-corrected chi connectivity index (χ4v) is 3.39. The number of aromatic nitrogens is 3. The van der Waals surface area contributed by atoms with Gasteiger partial charge in [-0.25, -0.2) is 15.0 Å². The van der Waals surface area contributed by atoms with E-state index in [1.54, 1.807) is 55.5 Å². The predicted octanol–water partition coefficient (Wildman–Crippen LogP) is 4.68. The van der Waals surface area contributed by atoms with E-state index in [0.717, 1.165) is 11.0 Å². The third-order valence-corrected chi connectivity index (χ3v) is 5.26. The molecule has 2 aromatic carbocycles. The summed E-state index contributed by atoms with van der Waals surface area (Å²) in [6, 6.07) is 15.8. The molecule has 11 nitrogen and oxygen atoms in total. The maximum absolute atomic E-state index is 12.8. The van der Waals surface area contributed by atoms with Gasteiger partial charge in [-0.05, 0) is 55.5 Å². The molecular formula is C24H17ClN6O5. The van der Waals surface area contributed by atoms with Crippen LogP contribution in [0.1, 0.15) is 12.6 Å². The summed E-state index contributed by atoms with van der Waals surface area (Å²) in [7, 11) is 1.44. The van der Waals surface area contributed by atoms with E-state index in [0.29, 0.717) is 33.4 Å². The fraction of sp³-hybridized carbons (Fsp3) is 0.125. The van der Waals surface area contributed by atoms with Gasteiger partial charge in [0.2, 0.25) is 11.6 Å². The molecule has 0 aliphatic heterocycles. The third kappa shape index (κ3) is 5.29. The first-order valence-electron chi connectivity index (χ1n) is 10.4. The van der Waals surface area contributed by atoms with Gasteiger partial charge in [-0.2, -0.15) is 5.26 Å². The van der Waals surface area contributed by atoms with Crippen LogP contribution in [0.3, 0.4) is 0 Å². The summed E-state index contributed by atoms with van der Waals surface area (Å²) in [6.45, 7) is 1.55. The molecule has 2 heterocycles. The van der Waals surface area contributed by atoms with Crippen LogP contribution in [0.25, 0.3) is 11.0 Å². The van der Waals surface area contributed by atoms with Crippen molar-refractivity contribution in [3.8, 4) is 23.4 Å². The molecule has 0 bridgehead atoms. The van der Waals surface area contributed by atoms with E-state index in [4.69, 9.17) is 26.3 Å². The van der Waals surface area contributed by atoms with Crippen LogP contribution >= 0.6 is 11.6 Å². The third-order valence-electron chi connectivity index (χ3n) is 5.03. The number of rotatable bonds is 7. The lowest BCUT2D eigenvalue weighted by Crippen LogP contribution is -2.38. The number of amides is 1. The lowest BCUT2D eigenvalue weighted by Gasteiger charge is -2.21. The first-order valence-corrected chi connectivity index (χ1v) is 10.8. The molecule has 1 atom stereocenters. The molecule has 0 N–H and O–H groups in total. The quantitative estimate of drug-likeness (QED) is 0.258. The number of benzene rings is 2. The summed E-state index contributed by atoms with van der Waals surface area (Å²) in [5.74, 6) is 0.814. The van der Waals surface area contributed by atoms with E-state index in [1.165, 1.54) is 19.3 Å². The molecule has 0 spiro atoms. The van der Waals surface area contributed by atoms with E-state index >= 15 is 0 Å². The average molecular weight is 505 g/mol. The molecule has 1 amide bonds. The van der Waals surface area contributed by atoms with Crippen molar-refractivity contribution in [3.05, 3.63) is 81.6 Å². The number of anilines is 1. The molecule has 0 fully saturated rings. The van der Waals surface area contributed by atoms with E-state index in [2.05, 4.69) is 15.0 Å². The number of hydrogen-bond donors (Lipinski definition) is 0. The fourth-order valence-electron chi connectivity index (χ4n) is 3.22. The van der Waals surface area contributed by atoms with Gasteiger partial charge >= 0.3 is 5.69 Å². The Balaban J connectivity index is 1.41. The molecule has 36 heavy (non-hydrogen) atoms. The lowest BCUT2D eigenvalue weighted by molar-refractivity contribution is -0.385. The largest absolute Gasteiger partial charge is 0.481 e. The number of pyridine rings is 1. The molecule has 0 aliphatic carbocycles. The zero-order valence-corrected chi connectivity index (χ0v) is 19.7. The normalized spacial score (nSPS) is 11.4. The van der Waals surface area contributed by atoms with Crippen molar-refractivity contribution in [2.24, 2.45) is 0 Å². The van der Waals surface area contributed by atoms with Crippen molar-refractivity contribution in [1.82, 2.24) is 15.0 Å². The van der Waals surface area contributed by atoms with Gasteiger partial charge in [0, 0.05) is 18.1 Å². The predicted molar refractivity (Wildman–Crippen MR) is 130 cm³/mol. The van der Waals surface area contributed by atoms with Crippen LogP contribution in [-0.2, 0) is 4.79 Å². The van der Waals surface area contributed by atoms with Crippen LogP contribution in [0.5, 0.6) is 17.4 Å². The number of carbonyl (C=O) groups excluding carboxylic acids is 1. The number of fused-ring (bicyclic) bond motifs is 1. The number of nitrogens with zero attached hydrogens (tertiary/aromatic N) is 6. The number of ether oxygens (including phenoxy) is 2. The van der Waals surface area contributed by atoms with Gasteiger partial charge in [0.05, 0.1) is 22.2 Å². The second-order valence-corrected chi connectivity index (χ2v) is 7.91. The highest BCUT2D eigenvalue weighted by Gasteiger charge is 2.24. The molecular weight excluding hydrogens is 488 g/mol. The lowest BCUT2D eigenvalue weighted by atomic mass is 10.2. The van der Waals surface area contributed by atoms with Crippen LogP contribution in [0, 0.1) is 21.4 Å². The Labute approximate surface area is 209 Å². The summed E-state index contributed by atoms with van der Waals surface area (Å²) >= 11 is 5.96. The van der Waals surface area contributed by atoms with Crippen molar-refractivity contribution in [2.45, 2.75) is 13.0 Å². The number of likely N-dealkylation sites (N-methyl/N-ethyl adjacent to an activating group) is 1. The smallest absolute Gasteiger partial charge is 0.305 e. The second kappa shape index (κ2) is 10.2. The Kier molecular flexibility index (Phi) is 6.89. The summed E-state index contributed by atoms with van der Waals surface area (Å²) in [4.78, 5) is 36.8. The van der Waals surface area contributed by atoms with E-state index in [1.807, 2.05) is 0 Å². The Bertz CT molecular complexity index is 1510. The molecule has 4 aromatic rings. The van der Waals surface area contributed by atoms with Gasteiger partial charge in [-0.3, -0.25) is 19.8 Å². The Morgan fingerprint density at radius 3 is 2.53 bits per heavy atom. The molecule has 4 rings (SSSR count). The Morgan fingerprint density at radius 1 is 1.11 bits per heavy atom. The second-order valence-electron chi connectivity index (χ2n) is 7.48. The molecule has 0 saturated carbocycles. The monoisotopic (exact) mass is 504 g/mol. The standard InChI is InChI=1S/C24H17ClN6O5/c1-14(24(32)30(2)22-10-9-21(31(33)34)20(12-26)28-22)35-16-4-6-17(7-5-16)36-23-13-27-19-11-15(25)3-8-18(19)29-23/h3-11,13-14H,1-2H3. The minimum absolute atomic E-state index is 0.0834.